The Morgan fingerprint density at radius 2 is 1.95 bits per heavy atom. The summed E-state index contributed by atoms with van der Waals surface area (Å²) in [5, 5.41) is 0. The topological polar surface area (TPSA) is 138 Å². The van der Waals surface area contributed by atoms with Crippen molar-refractivity contribution in [3.05, 3.63) is 50.8 Å². The minimum absolute atomic E-state index is 0.260. The van der Waals surface area contributed by atoms with Gasteiger partial charge in [-0.3, -0.25) is 14.5 Å². The minimum Gasteiger partial charge on any atom is -0.398 e. The third kappa shape index (κ3) is 2.57. The van der Waals surface area contributed by atoms with Gasteiger partial charge in [0, 0.05) is 11.9 Å². The van der Waals surface area contributed by atoms with Gasteiger partial charge in [-0.1, -0.05) is 6.07 Å². The lowest BCUT2D eigenvalue weighted by Gasteiger charge is -2.11. The highest BCUT2D eigenvalue weighted by molar-refractivity contribution is 7.92. The first kappa shape index (κ1) is 13.9. The van der Waals surface area contributed by atoms with Crippen molar-refractivity contribution in [1.29, 1.82) is 0 Å². The Bertz CT molecular complexity index is 866. The highest BCUT2D eigenvalue weighted by Crippen LogP contribution is 2.22. The second-order valence-electron chi connectivity index (χ2n) is 4.06. The first-order valence-corrected chi connectivity index (χ1v) is 6.99. The zero-order valence-electron chi connectivity index (χ0n) is 10.4. The van der Waals surface area contributed by atoms with E-state index in [0.29, 0.717) is 11.3 Å². The minimum atomic E-state index is -4.12. The normalized spacial score (nSPS) is 11.2. The summed E-state index contributed by atoms with van der Waals surface area (Å²) in [6.07, 6.45) is 0.838. The summed E-state index contributed by atoms with van der Waals surface area (Å²) in [6.45, 7) is 1.64. The van der Waals surface area contributed by atoms with Crippen LogP contribution in [0.15, 0.2) is 38.9 Å². The van der Waals surface area contributed by atoms with Gasteiger partial charge in [-0.05, 0) is 24.6 Å². The second kappa shape index (κ2) is 4.85. The number of hydrogen-bond acceptors (Lipinski definition) is 5. The number of sulfonamides is 1. The van der Waals surface area contributed by atoms with E-state index in [1.165, 1.54) is 6.07 Å². The Hall–Kier alpha value is -2.55. The lowest BCUT2D eigenvalue weighted by atomic mass is 10.2. The molecule has 0 aliphatic heterocycles. The Morgan fingerprint density at radius 1 is 1.25 bits per heavy atom. The number of anilines is 2. The molecule has 0 spiro atoms. The van der Waals surface area contributed by atoms with Gasteiger partial charge >= 0.3 is 5.69 Å². The molecule has 0 saturated heterocycles. The molecule has 20 heavy (non-hydrogen) atoms. The van der Waals surface area contributed by atoms with Crippen molar-refractivity contribution in [3.8, 4) is 0 Å². The van der Waals surface area contributed by atoms with E-state index in [4.69, 9.17) is 5.73 Å². The molecule has 0 saturated carbocycles. The fourth-order valence-corrected chi connectivity index (χ4v) is 2.69. The molecule has 1 heterocycles. The Labute approximate surface area is 113 Å². The maximum absolute atomic E-state index is 12.1. The SMILES string of the molecule is Cc1c(N)cccc1NS(=O)(=O)c1c[nH]c(=O)[nH]c1=O. The molecule has 0 aliphatic carbocycles. The van der Waals surface area contributed by atoms with Gasteiger partial charge in [0.2, 0.25) is 0 Å². The Morgan fingerprint density at radius 3 is 2.60 bits per heavy atom. The summed E-state index contributed by atoms with van der Waals surface area (Å²) in [7, 11) is -4.12. The van der Waals surface area contributed by atoms with Crippen LogP contribution in [-0.2, 0) is 10.0 Å². The van der Waals surface area contributed by atoms with Crippen molar-refractivity contribution >= 4 is 21.4 Å². The largest absolute Gasteiger partial charge is 0.398 e. The van der Waals surface area contributed by atoms with Gasteiger partial charge in [0.05, 0.1) is 5.69 Å². The average molecular weight is 296 g/mol. The summed E-state index contributed by atoms with van der Waals surface area (Å²) >= 11 is 0. The van der Waals surface area contributed by atoms with E-state index in [1.54, 1.807) is 19.1 Å². The fourth-order valence-electron chi connectivity index (χ4n) is 1.56. The summed E-state index contributed by atoms with van der Waals surface area (Å²) in [5.74, 6) is 0. The molecular formula is C11H12N4O4S. The van der Waals surface area contributed by atoms with Gasteiger partial charge in [0.15, 0.2) is 4.90 Å². The van der Waals surface area contributed by atoms with Crippen molar-refractivity contribution in [2.45, 2.75) is 11.8 Å². The first-order valence-electron chi connectivity index (χ1n) is 5.51. The maximum atomic E-state index is 12.1. The molecule has 9 heteroatoms. The number of rotatable bonds is 3. The van der Waals surface area contributed by atoms with Crippen molar-refractivity contribution < 1.29 is 8.42 Å². The third-order valence-corrected chi connectivity index (χ3v) is 4.07. The predicted molar refractivity (Wildman–Crippen MR) is 74.1 cm³/mol. The summed E-state index contributed by atoms with van der Waals surface area (Å²) in [6, 6.07) is 4.72. The molecule has 0 radical (unpaired) electrons. The molecule has 0 aliphatic rings. The monoisotopic (exact) mass is 296 g/mol. The van der Waals surface area contributed by atoms with Gasteiger partial charge in [0.1, 0.15) is 0 Å². The standard InChI is InChI=1S/C11H12N4O4S/c1-6-7(12)3-2-4-8(6)15-20(18,19)9-5-13-11(17)14-10(9)16/h2-5,15H,12H2,1H3,(H2,13,14,16,17). The average Bonchev–Trinajstić information content (AvgIpc) is 2.34. The van der Waals surface area contributed by atoms with E-state index in [9.17, 15) is 18.0 Å². The molecular weight excluding hydrogens is 284 g/mol. The lowest BCUT2D eigenvalue weighted by molar-refractivity contribution is 0.599. The summed E-state index contributed by atoms with van der Waals surface area (Å²) in [4.78, 5) is 25.8. The van der Waals surface area contributed by atoms with Crippen molar-refractivity contribution in [3.63, 3.8) is 0 Å². The third-order valence-electron chi connectivity index (χ3n) is 2.69. The van der Waals surface area contributed by atoms with Crippen LogP contribution in [0.4, 0.5) is 11.4 Å². The number of aromatic nitrogens is 2. The maximum Gasteiger partial charge on any atom is 0.325 e. The van der Waals surface area contributed by atoms with Crippen molar-refractivity contribution in [2.75, 3.05) is 10.5 Å². The van der Waals surface area contributed by atoms with E-state index < -0.39 is 26.2 Å². The number of H-pyrrole nitrogens is 2. The predicted octanol–water partition coefficient (Wildman–Crippen LogP) is -0.245. The Balaban J connectivity index is 2.49. The van der Waals surface area contributed by atoms with Crippen LogP contribution in [0.25, 0.3) is 0 Å². The summed E-state index contributed by atoms with van der Waals surface area (Å²) in [5.41, 5.74) is 5.11. The quantitative estimate of drug-likeness (QED) is 0.579. The number of nitrogens with one attached hydrogen (secondary N) is 3. The molecule has 106 valence electrons. The second-order valence-corrected chi connectivity index (χ2v) is 5.71. The van der Waals surface area contributed by atoms with Gasteiger partial charge < -0.3 is 10.7 Å². The highest BCUT2D eigenvalue weighted by atomic mass is 32.2. The number of hydrogen-bond donors (Lipinski definition) is 4. The Kier molecular flexibility index (Phi) is 3.36. The van der Waals surface area contributed by atoms with E-state index >= 15 is 0 Å². The van der Waals surface area contributed by atoms with Crippen LogP contribution in [-0.4, -0.2) is 18.4 Å². The molecule has 0 atom stereocenters. The number of nitrogens with two attached hydrogens (primary N) is 1. The van der Waals surface area contributed by atoms with Crippen LogP contribution in [0.3, 0.4) is 0 Å². The molecule has 2 rings (SSSR count). The van der Waals surface area contributed by atoms with Crippen LogP contribution >= 0.6 is 0 Å². The fraction of sp³-hybridized carbons (Fsp3) is 0.0909. The smallest absolute Gasteiger partial charge is 0.325 e. The first-order chi connectivity index (χ1) is 9.31. The zero-order valence-corrected chi connectivity index (χ0v) is 11.2. The molecule has 0 bridgehead atoms. The van der Waals surface area contributed by atoms with Crippen LogP contribution in [0.2, 0.25) is 0 Å². The van der Waals surface area contributed by atoms with Gasteiger partial charge in [-0.2, -0.15) is 0 Å². The van der Waals surface area contributed by atoms with E-state index in [-0.39, 0.29) is 5.69 Å². The molecule has 1 aromatic heterocycles. The van der Waals surface area contributed by atoms with Crippen LogP contribution in [0, 0.1) is 6.92 Å². The highest BCUT2D eigenvalue weighted by Gasteiger charge is 2.19. The zero-order chi connectivity index (χ0) is 14.9. The molecule has 2 aromatic rings. The molecule has 5 N–H and O–H groups in total. The molecule has 1 aromatic carbocycles. The van der Waals surface area contributed by atoms with Crippen molar-refractivity contribution in [2.24, 2.45) is 0 Å². The van der Waals surface area contributed by atoms with E-state index in [0.717, 1.165) is 6.20 Å². The molecule has 0 fully saturated rings. The van der Waals surface area contributed by atoms with Gasteiger partial charge in [-0.15, -0.1) is 0 Å². The number of aromatic amines is 2. The van der Waals surface area contributed by atoms with Crippen LogP contribution in [0.5, 0.6) is 0 Å². The number of nitrogen functional groups attached to an aromatic ring is 1. The van der Waals surface area contributed by atoms with Gasteiger partial charge in [-0.25, -0.2) is 13.2 Å². The van der Waals surface area contributed by atoms with Crippen LogP contribution in [0.1, 0.15) is 5.56 Å². The molecule has 0 amide bonds. The summed E-state index contributed by atoms with van der Waals surface area (Å²) < 4.78 is 26.5. The van der Waals surface area contributed by atoms with E-state index in [2.05, 4.69) is 9.71 Å². The van der Waals surface area contributed by atoms with E-state index in [1.807, 2.05) is 4.98 Å². The number of benzene rings is 1. The van der Waals surface area contributed by atoms with Gasteiger partial charge in [0.25, 0.3) is 15.6 Å². The molecule has 0 unspecified atom stereocenters. The van der Waals surface area contributed by atoms with Crippen LogP contribution < -0.4 is 21.7 Å². The lowest BCUT2D eigenvalue weighted by Crippen LogP contribution is -2.29. The van der Waals surface area contributed by atoms with Crippen molar-refractivity contribution in [1.82, 2.24) is 9.97 Å². The molecule has 8 nitrogen and oxygen atoms in total.